The molecule has 1 heterocycles. The third-order valence-corrected chi connectivity index (χ3v) is 3.53. The number of benzene rings is 1. The van der Waals surface area contributed by atoms with Gasteiger partial charge in [0.1, 0.15) is 0 Å². The first kappa shape index (κ1) is 13.8. The summed E-state index contributed by atoms with van der Waals surface area (Å²) in [6, 6.07) is 8.52. The summed E-state index contributed by atoms with van der Waals surface area (Å²) in [5.41, 5.74) is 7.84. The van der Waals surface area contributed by atoms with Gasteiger partial charge in [0.2, 0.25) is 0 Å². The summed E-state index contributed by atoms with van der Waals surface area (Å²) in [5, 5.41) is 4.48. The zero-order chi connectivity index (χ0) is 13.8. The Kier molecular flexibility index (Phi) is 4.35. The lowest BCUT2D eigenvalue weighted by Gasteiger charge is -2.17. The molecule has 0 aliphatic rings. The van der Waals surface area contributed by atoms with Crippen LogP contribution in [-0.2, 0) is 19.9 Å². The molecule has 2 rings (SSSR count). The lowest BCUT2D eigenvalue weighted by molar-refractivity contribution is 0.546. The molecular formula is C15H22N4. The molecule has 0 saturated carbocycles. The number of aromatic nitrogens is 2. The van der Waals surface area contributed by atoms with Crippen molar-refractivity contribution in [2.45, 2.75) is 32.7 Å². The van der Waals surface area contributed by atoms with Crippen LogP contribution in [-0.4, -0.2) is 9.78 Å². The van der Waals surface area contributed by atoms with Crippen molar-refractivity contribution in [3.63, 3.8) is 0 Å². The minimum atomic E-state index is 0.102. The zero-order valence-electron chi connectivity index (χ0n) is 11.9. The van der Waals surface area contributed by atoms with Gasteiger partial charge in [-0.25, -0.2) is 0 Å². The van der Waals surface area contributed by atoms with Gasteiger partial charge in [-0.2, -0.15) is 5.10 Å². The Labute approximate surface area is 114 Å². The fourth-order valence-electron chi connectivity index (χ4n) is 2.44. The van der Waals surface area contributed by atoms with Crippen LogP contribution in [0, 0.1) is 6.92 Å². The number of nitrogens with zero attached hydrogens (tertiary/aromatic N) is 2. The summed E-state index contributed by atoms with van der Waals surface area (Å²) in [5.74, 6) is 5.75. The van der Waals surface area contributed by atoms with E-state index in [4.69, 9.17) is 5.84 Å². The fraction of sp³-hybridized carbons (Fsp3) is 0.400. The van der Waals surface area contributed by atoms with Gasteiger partial charge in [0, 0.05) is 18.8 Å². The van der Waals surface area contributed by atoms with Crippen molar-refractivity contribution in [2.75, 3.05) is 0 Å². The van der Waals surface area contributed by atoms with Gasteiger partial charge in [0.25, 0.3) is 0 Å². The van der Waals surface area contributed by atoms with Crippen molar-refractivity contribution >= 4 is 0 Å². The monoisotopic (exact) mass is 258 g/mol. The molecule has 2 aromatic rings. The van der Waals surface area contributed by atoms with E-state index in [9.17, 15) is 0 Å². The molecular weight excluding hydrogens is 236 g/mol. The van der Waals surface area contributed by atoms with Crippen molar-refractivity contribution in [2.24, 2.45) is 12.9 Å². The van der Waals surface area contributed by atoms with E-state index in [-0.39, 0.29) is 6.04 Å². The Hall–Kier alpha value is -1.65. The van der Waals surface area contributed by atoms with Crippen molar-refractivity contribution in [1.82, 2.24) is 15.2 Å². The van der Waals surface area contributed by atoms with Crippen LogP contribution in [0.3, 0.4) is 0 Å². The molecule has 0 aliphatic carbocycles. The van der Waals surface area contributed by atoms with Crippen LogP contribution in [0.2, 0.25) is 0 Å². The Morgan fingerprint density at radius 3 is 2.74 bits per heavy atom. The first-order valence-electron chi connectivity index (χ1n) is 6.68. The highest BCUT2D eigenvalue weighted by Crippen LogP contribution is 2.22. The number of rotatable bonds is 5. The van der Waals surface area contributed by atoms with Crippen LogP contribution >= 0.6 is 0 Å². The van der Waals surface area contributed by atoms with E-state index in [1.807, 2.05) is 11.7 Å². The van der Waals surface area contributed by atoms with Crippen molar-refractivity contribution in [1.29, 1.82) is 0 Å². The number of nitrogens with one attached hydrogen (secondary N) is 1. The molecule has 0 amide bonds. The average Bonchev–Trinajstić information content (AvgIpc) is 2.79. The third kappa shape index (κ3) is 3.03. The van der Waals surface area contributed by atoms with E-state index in [1.54, 1.807) is 0 Å². The molecule has 4 nitrogen and oxygen atoms in total. The second-order valence-corrected chi connectivity index (χ2v) is 4.91. The Bertz CT molecular complexity index is 545. The fourth-order valence-corrected chi connectivity index (χ4v) is 2.44. The van der Waals surface area contributed by atoms with Crippen LogP contribution in [0.1, 0.15) is 35.3 Å². The maximum Gasteiger partial charge on any atom is 0.0670 e. The number of hydrogen-bond donors (Lipinski definition) is 2. The normalized spacial score (nSPS) is 12.6. The summed E-state index contributed by atoms with van der Waals surface area (Å²) >= 11 is 0. The van der Waals surface area contributed by atoms with Gasteiger partial charge in [0.05, 0.1) is 11.7 Å². The SMILES string of the molecule is CCc1nn(C)cc1C(Cc1ccccc1C)NN. The molecule has 1 unspecified atom stereocenters. The second-order valence-electron chi connectivity index (χ2n) is 4.91. The van der Waals surface area contributed by atoms with E-state index < -0.39 is 0 Å². The van der Waals surface area contributed by atoms with Crippen LogP contribution in [0.25, 0.3) is 0 Å². The van der Waals surface area contributed by atoms with E-state index >= 15 is 0 Å². The highest BCUT2D eigenvalue weighted by atomic mass is 15.3. The lowest BCUT2D eigenvalue weighted by Crippen LogP contribution is -2.30. The molecule has 0 saturated heterocycles. The Morgan fingerprint density at radius 2 is 2.11 bits per heavy atom. The van der Waals surface area contributed by atoms with Gasteiger partial charge < -0.3 is 0 Å². The summed E-state index contributed by atoms with van der Waals surface area (Å²) in [4.78, 5) is 0. The van der Waals surface area contributed by atoms with E-state index in [2.05, 4.69) is 54.8 Å². The predicted octanol–water partition coefficient (Wildman–Crippen LogP) is 2.04. The maximum absolute atomic E-state index is 5.75. The summed E-state index contributed by atoms with van der Waals surface area (Å²) in [6.45, 7) is 4.25. The zero-order valence-corrected chi connectivity index (χ0v) is 11.9. The molecule has 102 valence electrons. The molecule has 1 aromatic heterocycles. The summed E-state index contributed by atoms with van der Waals surface area (Å²) in [6.07, 6.45) is 3.85. The molecule has 0 bridgehead atoms. The van der Waals surface area contributed by atoms with Gasteiger partial charge in [-0.05, 0) is 30.9 Å². The summed E-state index contributed by atoms with van der Waals surface area (Å²) < 4.78 is 1.86. The topological polar surface area (TPSA) is 55.9 Å². The smallest absolute Gasteiger partial charge is 0.0670 e. The van der Waals surface area contributed by atoms with E-state index in [0.717, 1.165) is 18.5 Å². The molecule has 0 spiro atoms. The van der Waals surface area contributed by atoms with E-state index in [0.29, 0.717) is 0 Å². The minimum Gasteiger partial charge on any atom is -0.275 e. The standard InChI is InChI=1S/C15H22N4/c1-4-14-13(10-19(3)18-14)15(17-16)9-12-8-6-5-7-11(12)2/h5-8,10,15,17H,4,9,16H2,1-3H3. The highest BCUT2D eigenvalue weighted by molar-refractivity contribution is 5.30. The van der Waals surface area contributed by atoms with E-state index in [1.165, 1.54) is 16.7 Å². The number of hydrogen-bond acceptors (Lipinski definition) is 3. The molecule has 19 heavy (non-hydrogen) atoms. The molecule has 3 N–H and O–H groups in total. The number of hydrazine groups is 1. The number of aryl methyl sites for hydroxylation is 3. The molecule has 4 heteroatoms. The largest absolute Gasteiger partial charge is 0.275 e. The van der Waals surface area contributed by atoms with Crippen LogP contribution in [0.5, 0.6) is 0 Å². The first-order chi connectivity index (χ1) is 9.15. The van der Waals surface area contributed by atoms with Crippen molar-refractivity contribution in [3.8, 4) is 0 Å². The maximum atomic E-state index is 5.75. The summed E-state index contributed by atoms with van der Waals surface area (Å²) in [7, 11) is 1.95. The van der Waals surface area contributed by atoms with Gasteiger partial charge >= 0.3 is 0 Å². The quantitative estimate of drug-likeness (QED) is 0.637. The predicted molar refractivity (Wildman–Crippen MR) is 77.5 cm³/mol. The van der Waals surface area contributed by atoms with Crippen molar-refractivity contribution < 1.29 is 0 Å². The van der Waals surface area contributed by atoms with Crippen molar-refractivity contribution in [3.05, 3.63) is 52.8 Å². The van der Waals surface area contributed by atoms with Gasteiger partial charge in [-0.15, -0.1) is 0 Å². The highest BCUT2D eigenvalue weighted by Gasteiger charge is 2.17. The van der Waals surface area contributed by atoms with Crippen LogP contribution in [0.4, 0.5) is 0 Å². The molecule has 1 atom stereocenters. The molecule has 0 radical (unpaired) electrons. The Morgan fingerprint density at radius 1 is 1.37 bits per heavy atom. The third-order valence-electron chi connectivity index (χ3n) is 3.53. The number of nitrogens with two attached hydrogens (primary N) is 1. The lowest BCUT2D eigenvalue weighted by atomic mass is 9.96. The van der Waals surface area contributed by atoms with Gasteiger partial charge in [0.15, 0.2) is 0 Å². The first-order valence-corrected chi connectivity index (χ1v) is 6.68. The molecule has 0 fully saturated rings. The molecule has 1 aromatic carbocycles. The minimum absolute atomic E-state index is 0.102. The molecule has 0 aliphatic heterocycles. The second kappa shape index (κ2) is 5.99. The van der Waals surface area contributed by atoms with Crippen LogP contribution < -0.4 is 11.3 Å². The van der Waals surface area contributed by atoms with Gasteiger partial charge in [-0.1, -0.05) is 31.2 Å². The van der Waals surface area contributed by atoms with Crippen LogP contribution in [0.15, 0.2) is 30.5 Å². The Balaban J connectivity index is 2.27. The van der Waals surface area contributed by atoms with Gasteiger partial charge in [-0.3, -0.25) is 16.0 Å². The average molecular weight is 258 g/mol.